The van der Waals surface area contributed by atoms with Crippen LogP contribution in [0.1, 0.15) is 70.9 Å². The predicted molar refractivity (Wildman–Crippen MR) is 97.0 cm³/mol. The second-order valence-corrected chi connectivity index (χ2v) is 6.11. The first-order chi connectivity index (χ1) is 11.4. The molecule has 8 heteroatoms. The number of hydrogen-bond acceptors (Lipinski definition) is 5. The zero-order chi connectivity index (χ0) is 18.1. The normalized spacial score (nSPS) is 12.5. The standard InChI is InChI=1S/C16H26N4O3S/c1-4-6-7-8-9-13(21)19-17-10-12-14(22)18-16(24)20(15(12)23)11(3)5-2/h10-11,23H,4-9H2,1-3H3,(H,19,21)(H,18,22,24)/b17-10+. The highest BCUT2D eigenvalue weighted by atomic mass is 32.1. The number of aromatic hydroxyl groups is 1. The number of H-pyrrole nitrogens is 1. The Labute approximate surface area is 146 Å². The Morgan fingerprint density at radius 1 is 1.42 bits per heavy atom. The van der Waals surface area contributed by atoms with Gasteiger partial charge in [0.15, 0.2) is 4.77 Å². The molecule has 0 saturated carbocycles. The van der Waals surface area contributed by atoms with E-state index in [9.17, 15) is 14.7 Å². The zero-order valence-electron chi connectivity index (χ0n) is 14.5. The molecule has 0 saturated heterocycles. The number of rotatable bonds is 9. The number of hydrazone groups is 1. The summed E-state index contributed by atoms with van der Waals surface area (Å²) in [4.78, 5) is 26.1. The van der Waals surface area contributed by atoms with E-state index in [1.54, 1.807) is 0 Å². The van der Waals surface area contributed by atoms with Gasteiger partial charge in [-0.1, -0.05) is 33.1 Å². The fraction of sp³-hybridized carbons (Fsp3) is 0.625. The van der Waals surface area contributed by atoms with Crippen molar-refractivity contribution in [3.63, 3.8) is 0 Å². The van der Waals surface area contributed by atoms with E-state index in [4.69, 9.17) is 12.2 Å². The third kappa shape index (κ3) is 5.59. The maximum atomic E-state index is 11.9. The highest BCUT2D eigenvalue weighted by molar-refractivity contribution is 7.71. The van der Waals surface area contributed by atoms with Crippen molar-refractivity contribution in [1.82, 2.24) is 15.0 Å². The summed E-state index contributed by atoms with van der Waals surface area (Å²) in [5.74, 6) is -0.466. The third-order valence-electron chi connectivity index (χ3n) is 3.82. The van der Waals surface area contributed by atoms with Crippen molar-refractivity contribution in [2.45, 2.75) is 65.3 Å². The van der Waals surface area contributed by atoms with Crippen molar-refractivity contribution in [2.75, 3.05) is 0 Å². The van der Waals surface area contributed by atoms with Crippen molar-refractivity contribution in [1.29, 1.82) is 0 Å². The first kappa shape index (κ1) is 20.1. The van der Waals surface area contributed by atoms with E-state index in [1.807, 2.05) is 13.8 Å². The number of nitrogens with one attached hydrogen (secondary N) is 2. The summed E-state index contributed by atoms with van der Waals surface area (Å²) in [5, 5.41) is 14.1. The van der Waals surface area contributed by atoms with Gasteiger partial charge in [0.2, 0.25) is 11.8 Å². The van der Waals surface area contributed by atoms with Crippen molar-refractivity contribution < 1.29 is 9.90 Å². The molecular formula is C16H26N4O3S. The van der Waals surface area contributed by atoms with Crippen LogP contribution in [0.2, 0.25) is 0 Å². The molecule has 1 aromatic rings. The van der Waals surface area contributed by atoms with Gasteiger partial charge in [-0.05, 0) is 32.0 Å². The maximum absolute atomic E-state index is 11.9. The van der Waals surface area contributed by atoms with Crippen LogP contribution < -0.4 is 11.0 Å². The lowest BCUT2D eigenvalue weighted by molar-refractivity contribution is -0.121. The predicted octanol–water partition coefficient (Wildman–Crippen LogP) is 3.00. The summed E-state index contributed by atoms with van der Waals surface area (Å²) in [6.07, 6.45) is 6.28. The molecule has 0 radical (unpaired) electrons. The van der Waals surface area contributed by atoms with Crippen LogP contribution in [-0.2, 0) is 4.79 Å². The fourth-order valence-electron chi connectivity index (χ4n) is 2.20. The molecule has 1 rings (SSSR count). The van der Waals surface area contributed by atoms with E-state index in [0.29, 0.717) is 6.42 Å². The number of aromatic amines is 1. The van der Waals surface area contributed by atoms with E-state index in [0.717, 1.165) is 38.3 Å². The van der Waals surface area contributed by atoms with Gasteiger partial charge in [-0.15, -0.1) is 0 Å². The molecule has 1 unspecified atom stereocenters. The molecule has 134 valence electrons. The number of carbonyl (C=O) groups is 1. The first-order valence-corrected chi connectivity index (χ1v) is 8.72. The van der Waals surface area contributed by atoms with Gasteiger partial charge in [0.25, 0.3) is 5.56 Å². The molecular weight excluding hydrogens is 328 g/mol. The van der Waals surface area contributed by atoms with E-state index >= 15 is 0 Å². The number of nitrogens with zero attached hydrogens (tertiary/aromatic N) is 2. The van der Waals surface area contributed by atoms with Crippen LogP contribution in [0.5, 0.6) is 5.88 Å². The van der Waals surface area contributed by atoms with Gasteiger partial charge in [0, 0.05) is 12.5 Å². The van der Waals surface area contributed by atoms with Crippen molar-refractivity contribution in [3.8, 4) is 5.88 Å². The number of carbonyl (C=O) groups excluding carboxylic acids is 1. The Balaban J connectivity index is 2.82. The summed E-state index contributed by atoms with van der Waals surface area (Å²) < 4.78 is 1.62. The van der Waals surface area contributed by atoms with Crippen LogP contribution >= 0.6 is 12.2 Å². The molecule has 0 spiro atoms. The molecule has 0 aliphatic heterocycles. The number of hydrogen-bond donors (Lipinski definition) is 3. The van der Waals surface area contributed by atoms with Gasteiger partial charge in [-0.3, -0.25) is 19.1 Å². The molecule has 1 heterocycles. The highest BCUT2D eigenvalue weighted by Gasteiger charge is 2.14. The van der Waals surface area contributed by atoms with Crippen LogP contribution in [0, 0.1) is 4.77 Å². The highest BCUT2D eigenvalue weighted by Crippen LogP contribution is 2.19. The average Bonchev–Trinajstić information content (AvgIpc) is 2.54. The lowest BCUT2D eigenvalue weighted by Gasteiger charge is -2.16. The van der Waals surface area contributed by atoms with Crippen molar-refractivity contribution in [3.05, 3.63) is 20.7 Å². The largest absolute Gasteiger partial charge is 0.494 e. The molecule has 0 aromatic carbocycles. The summed E-state index contributed by atoms with van der Waals surface area (Å²) in [7, 11) is 0. The molecule has 3 N–H and O–H groups in total. The Morgan fingerprint density at radius 2 is 2.12 bits per heavy atom. The summed E-state index contributed by atoms with van der Waals surface area (Å²) >= 11 is 5.09. The SMILES string of the molecule is CCCCCCC(=O)N/N=C/c1c(O)n(C(C)CC)c(=S)[nH]c1=O. The smallest absolute Gasteiger partial charge is 0.264 e. The summed E-state index contributed by atoms with van der Waals surface area (Å²) in [6.45, 7) is 5.94. The monoisotopic (exact) mass is 354 g/mol. The lowest BCUT2D eigenvalue weighted by atomic mass is 10.1. The zero-order valence-corrected chi connectivity index (χ0v) is 15.3. The number of unbranched alkanes of at least 4 members (excludes halogenated alkanes) is 3. The third-order valence-corrected chi connectivity index (χ3v) is 4.12. The topological polar surface area (TPSA) is 99.5 Å². The second-order valence-electron chi connectivity index (χ2n) is 5.73. The molecule has 0 aliphatic carbocycles. The van der Waals surface area contributed by atoms with Crippen LogP contribution in [0.25, 0.3) is 0 Å². The van der Waals surface area contributed by atoms with Crippen LogP contribution in [-0.4, -0.2) is 26.8 Å². The second kappa shape index (κ2) is 10.0. The molecule has 0 fully saturated rings. The van der Waals surface area contributed by atoms with E-state index in [-0.39, 0.29) is 28.2 Å². The van der Waals surface area contributed by atoms with Crippen LogP contribution in [0.3, 0.4) is 0 Å². The molecule has 1 amide bonds. The number of amides is 1. The Kier molecular flexibility index (Phi) is 8.39. The van der Waals surface area contributed by atoms with Gasteiger partial charge in [0.1, 0.15) is 5.56 Å². The molecule has 7 nitrogen and oxygen atoms in total. The van der Waals surface area contributed by atoms with Gasteiger partial charge in [-0.2, -0.15) is 5.10 Å². The quantitative estimate of drug-likeness (QED) is 0.275. The average molecular weight is 354 g/mol. The maximum Gasteiger partial charge on any atom is 0.264 e. The Hall–Kier alpha value is -1.96. The van der Waals surface area contributed by atoms with E-state index < -0.39 is 5.56 Å². The molecule has 0 bridgehead atoms. The van der Waals surface area contributed by atoms with E-state index in [2.05, 4.69) is 22.4 Å². The van der Waals surface area contributed by atoms with E-state index in [1.165, 1.54) is 4.57 Å². The molecule has 0 aliphatic rings. The minimum atomic E-state index is -0.544. The van der Waals surface area contributed by atoms with Gasteiger partial charge in [0.05, 0.1) is 6.21 Å². The minimum absolute atomic E-state index is 0.0322. The Morgan fingerprint density at radius 3 is 2.75 bits per heavy atom. The molecule has 1 aromatic heterocycles. The molecule has 1 atom stereocenters. The van der Waals surface area contributed by atoms with Gasteiger partial charge < -0.3 is 5.11 Å². The van der Waals surface area contributed by atoms with Gasteiger partial charge in [-0.25, -0.2) is 5.43 Å². The Bertz CT molecular complexity index is 694. The molecule has 24 heavy (non-hydrogen) atoms. The fourth-order valence-corrected chi connectivity index (χ4v) is 2.56. The van der Waals surface area contributed by atoms with Crippen LogP contribution in [0.4, 0.5) is 0 Å². The number of aromatic nitrogens is 2. The first-order valence-electron chi connectivity index (χ1n) is 8.32. The van der Waals surface area contributed by atoms with Crippen LogP contribution in [0.15, 0.2) is 9.90 Å². The van der Waals surface area contributed by atoms with Crippen molar-refractivity contribution in [2.24, 2.45) is 5.10 Å². The van der Waals surface area contributed by atoms with Gasteiger partial charge >= 0.3 is 0 Å². The summed E-state index contributed by atoms with van der Waals surface area (Å²) in [5.41, 5.74) is 1.80. The van der Waals surface area contributed by atoms with Crippen molar-refractivity contribution >= 4 is 24.3 Å². The summed E-state index contributed by atoms with van der Waals surface area (Å²) in [6, 6.07) is -0.0744. The lowest BCUT2D eigenvalue weighted by Crippen LogP contribution is -2.22. The minimum Gasteiger partial charge on any atom is -0.494 e.